The van der Waals surface area contributed by atoms with Crippen molar-refractivity contribution in [2.45, 2.75) is 19.9 Å². The van der Waals surface area contributed by atoms with E-state index in [1.165, 1.54) is 0 Å². The van der Waals surface area contributed by atoms with Gasteiger partial charge in [0.05, 0.1) is 18.8 Å². The zero-order valence-electron chi connectivity index (χ0n) is 21.8. The van der Waals surface area contributed by atoms with Crippen molar-refractivity contribution < 1.29 is 9.53 Å². The number of anilines is 2. The fourth-order valence-electron chi connectivity index (χ4n) is 3.78. The molecule has 0 aliphatic heterocycles. The van der Waals surface area contributed by atoms with Crippen LogP contribution in [0.15, 0.2) is 67.1 Å². The molecule has 0 aromatic carbocycles. The van der Waals surface area contributed by atoms with E-state index in [1.54, 1.807) is 56.0 Å². The Morgan fingerprint density at radius 2 is 1.80 bits per heavy atom. The maximum absolute atomic E-state index is 12.9. The molecule has 0 saturated heterocycles. The Labute approximate surface area is 234 Å². The second-order valence-corrected chi connectivity index (χ2v) is 9.53. The van der Waals surface area contributed by atoms with Crippen molar-refractivity contribution in [3.63, 3.8) is 0 Å². The standard InChI is InChI=1S/C28H23N9O2S/c1-16-10-24(35-25-11-21(12-29)40-37-25)36-27(33-16)20-5-8-23(31-15-20)28(38)34-17(2)18-4-7-22(30-13-18)19-6-9-26(39-3)32-14-19/h4-11,13-15,17H,1-3H3,(H,34,38)(H,33,35,36,37). The number of carbonyl (C=O) groups is 1. The average Bonchev–Trinajstić information content (AvgIpc) is 3.44. The Morgan fingerprint density at radius 1 is 0.975 bits per heavy atom. The van der Waals surface area contributed by atoms with Crippen LogP contribution in [0.3, 0.4) is 0 Å². The molecule has 1 unspecified atom stereocenters. The van der Waals surface area contributed by atoms with Gasteiger partial charge in [0, 0.05) is 53.6 Å². The van der Waals surface area contributed by atoms with Crippen LogP contribution in [0.25, 0.3) is 22.6 Å². The molecule has 5 aromatic heterocycles. The summed E-state index contributed by atoms with van der Waals surface area (Å²) in [5.41, 5.74) is 4.14. The molecule has 0 bridgehead atoms. The van der Waals surface area contributed by atoms with Gasteiger partial charge in [-0.3, -0.25) is 14.8 Å². The first kappa shape index (κ1) is 26.3. The summed E-state index contributed by atoms with van der Waals surface area (Å²) in [6.45, 7) is 3.74. The van der Waals surface area contributed by atoms with Gasteiger partial charge in [0.25, 0.3) is 5.91 Å². The number of hydrogen-bond donors (Lipinski definition) is 2. The molecule has 0 aliphatic carbocycles. The minimum absolute atomic E-state index is 0.266. The van der Waals surface area contributed by atoms with E-state index in [0.29, 0.717) is 33.8 Å². The van der Waals surface area contributed by atoms with Gasteiger partial charge in [0.2, 0.25) is 5.88 Å². The Morgan fingerprint density at radius 3 is 2.45 bits per heavy atom. The van der Waals surface area contributed by atoms with Gasteiger partial charge in [-0.15, -0.1) is 0 Å². The number of carbonyl (C=O) groups excluding carboxylic acids is 1. The van der Waals surface area contributed by atoms with E-state index < -0.39 is 0 Å². The highest BCUT2D eigenvalue weighted by atomic mass is 32.1. The molecule has 0 aliphatic rings. The van der Waals surface area contributed by atoms with E-state index in [2.05, 4.69) is 46.0 Å². The summed E-state index contributed by atoms with van der Waals surface area (Å²) in [6.07, 6.45) is 5.00. The topological polar surface area (TPSA) is 151 Å². The van der Waals surface area contributed by atoms with Crippen molar-refractivity contribution in [3.05, 3.63) is 88.9 Å². The van der Waals surface area contributed by atoms with E-state index in [9.17, 15) is 4.79 Å². The van der Waals surface area contributed by atoms with Gasteiger partial charge in [-0.2, -0.15) is 9.64 Å². The SMILES string of the molecule is COc1ccc(-c2ccc(C(C)NC(=O)c3ccc(-c4nc(C)cc(Nc5cc(C#N)sn5)n4)cn3)cn2)cn1. The minimum atomic E-state index is -0.313. The third-order valence-corrected chi connectivity index (χ3v) is 6.55. The van der Waals surface area contributed by atoms with Crippen molar-refractivity contribution in [1.82, 2.24) is 34.6 Å². The molecule has 5 heterocycles. The van der Waals surface area contributed by atoms with Crippen LogP contribution < -0.4 is 15.4 Å². The number of pyridine rings is 3. The van der Waals surface area contributed by atoms with Gasteiger partial charge in [0.1, 0.15) is 28.3 Å². The molecule has 1 amide bonds. The first-order chi connectivity index (χ1) is 19.4. The lowest BCUT2D eigenvalue weighted by Crippen LogP contribution is -2.27. The Kier molecular flexibility index (Phi) is 7.65. The lowest BCUT2D eigenvalue weighted by Gasteiger charge is -2.14. The predicted octanol–water partition coefficient (Wildman–Crippen LogP) is 4.88. The molecule has 5 aromatic rings. The summed E-state index contributed by atoms with van der Waals surface area (Å²) in [5, 5.41) is 15.1. The summed E-state index contributed by atoms with van der Waals surface area (Å²) in [4.78, 5) is 35.5. The summed E-state index contributed by atoms with van der Waals surface area (Å²) >= 11 is 1.11. The number of nitrogens with zero attached hydrogens (tertiary/aromatic N) is 7. The molecule has 198 valence electrons. The molecule has 11 nitrogen and oxygen atoms in total. The number of rotatable bonds is 8. The number of ether oxygens (including phenoxy) is 1. The molecular formula is C28H23N9O2S. The van der Waals surface area contributed by atoms with Crippen LogP contribution in [0.5, 0.6) is 5.88 Å². The highest BCUT2D eigenvalue weighted by Gasteiger charge is 2.15. The third-order valence-electron chi connectivity index (χ3n) is 5.86. The number of nitriles is 1. The first-order valence-corrected chi connectivity index (χ1v) is 12.9. The minimum Gasteiger partial charge on any atom is -0.481 e. The van der Waals surface area contributed by atoms with Crippen LogP contribution >= 0.6 is 11.5 Å². The highest BCUT2D eigenvalue weighted by molar-refractivity contribution is 7.06. The Hall–Kier alpha value is -5.28. The molecular weight excluding hydrogens is 526 g/mol. The Balaban J connectivity index is 1.24. The van der Waals surface area contributed by atoms with E-state index >= 15 is 0 Å². The smallest absolute Gasteiger partial charge is 0.270 e. The van der Waals surface area contributed by atoms with Gasteiger partial charge in [-0.25, -0.2) is 15.0 Å². The summed E-state index contributed by atoms with van der Waals surface area (Å²) in [5.74, 6) is 1.74. The van der Waals surface area contributed by atoms with Crippen LogP contribution in [0, 0.1) is 18.3 Å². The molecule has 0 fully saturated rings. The van der Waals surface area contributed by atoms with E-state index in [-0.39, 0.29) is 17.6 Å². The second-order valence-electron chi connectivity index (χ2n) is 8.72. The van der Waals surface area contributed by atoms with Gasteiger partial charge < -0.3 is 15.4 Å². The number of methoxy groups -OCH3 is 1. The Bertz CT molecular complexity index is 1680. The fraction of sp³-hybridized carbons (Fsp3) is 0.143. The summed E-state index contributed by atoms with van der Waals surface area (Å²) < 4.78 is 9.29. The molecule has 40 heavy (non-hydrogen) atoms. The second kappa shape index (κ2) is 11.6. The molecule has 5 rings (SSSR count). The van der Waals surface area contributed by atoms with Crippen molar-refractivity contribution in [2.24, 2.45) is 0 Å². The quantitative estimate of drug-likeness (QED) is 0.274. The molecule has 1 atom stereocenters. The van der Waals surface area contributed by atoms with Crippen LogP contribution in [0.4, 0.5) is 11.6 Å². The molecule has 0 spiro atoms. The van der Waals surface area contributed by atoms with E-state index in [0.717, 1.165) is 34.0 Å². The van der Waals surface area contributed by atoms with Crippen molar-refractivity contribution in [3.8, 4) is 34.6 Å². The maximum atomic E-state index is 12.9. The normalized spacial score (nSPS) is 11.3. The molecule has 2 N–H and O–H groups in total. The highest BCUT2D eigenvalue weighted by Crippen LogP contribution is 2.23. The zero-order valence-corrected chi connectivity index (χ0v) is 22.6. The van der Waals surface area contributed by atoms with E-state index in [4.69, 9.17) is 10.00 Å². The zero-order chi connectivity index (χ0) is 28.1. The number of aromatic nitrogens is 6. The summed E-state index contributed by atoms with van der Waals surface area (Å²) in [6, 6.07) is 16.1. The van der Waals surface area contributed by atoms with Gasteiger partial charge in [-0.1, -0.05) is 6.07 Å². The number of amides is 1. The fourth-order valence-corrected chi connectivity index (χ4v) is 4.28. The average molecular weight is 550 g/mol. The molecule has 12 heteroatoms. The third kappa shape index (κ3) is 6.06. The molecule has 0 radical (unpaired) electrons. The van der Waals surface area contributed by atoms with Gasteiger partial charge in [-0.05, 0) is 55.2 Å². The van der Waals surface area contributed by atoms with Crippen LogP contribution in [0.1, 0.15) is 39.6 Å². The largest absolute Gasteiger partial charge is 0.481 e. The number of nitrogens with one attached hydrogen (secondary N) is 2. The number of hydrogen-bond acceptors (Lipinski definition) is 11. The van der Waals surface area contributed by atoms with Crippen LogP contribution in [0.2, 0.25) is 0 Å². The first-order valence-electron chi connectivity index (χ1n) is 12.1. The van der Waals surface area contributed by atoms with Crippen molar-refractivity contribution in [1.29, 1.82) is 5.26 Å². The van der Waals surface area contributed by atoms with Gasteiger partial charge in [0.15, 0.2) is 5.82 Å². The van der Waals surface area contributed by atoms with Gasteiger partial charge >= 0.3 is 0 Å². The molecule has 0 saturated carbocycles. The van der Waals surface area contributed by atoms with Crippen molar-refractivity contribution >= 4 is 29.1 Å². The lowest BCUT2D eigenvalue weighted by molar-refractivity contribution is 0.0935. The predicted molar refractivity (Wildman–Crippen MR) is 150 cm³/mol. The van der Waals surface area contributed by atoms with Crippen molar-refractivity contribution in [2.75, 3.05) is 12.4 Å². The summed E-state index contributed by atoms with van der Waals surface area (Å²) in [7, 11) is 1.57. The lowest BCUT2D eigenvalue weighted by atomic mass is 10.1. The van der Waals surface area contributed by atoms with Crippen LogP contribution in [-0.2, 0) is 0 Å². The maximum Gasteiger partial charge on any atom is 0.270 e. The number of aryl methyl sites for hydroxylation is 1. The monoisotopic (exact) mass is 549 g/mol. The van der Waals surface area contributed by atoms with Crippen LogP contribution in [-0.4, -0.2) is 42.3 Å². The van der Waals surface area contributed by atoms with E-state index in [1.807, 2.05) is 32.0 Å².